The van der Waals surface area contributed by atoms with E-state index in [-0.39, 0.29) is 11.1 Å². The van der Waals surface area contributed by atoms with Gasteiger partial charge in [-0.3, -0.25) is 4.68 Å². The second-order valence-electron chi connectivity index (χ2n) is 4.33. The first-order chi connectivity index (χ1) is 9.60. The molecule has 1 atom stereocenters. The van der Waals surface area contributed by atoms with Crippen LogP contribution in [-0.2, 0) is 6.54 Å². The van der Waals surface area contributed by atoms with Gasteiger partial charge in [-0.25, -0.2) is 4.39 Å². The van der Waals surface area contributed by atoms with E-state index in [0.717, 1.165) is 10.2 Å². The number of hydrogen-bond donors (Lipinski definition) is 1. The highest BCUT2D eigenvalue weighted by Crippen LogP contribution is 2.32. The predicted molar refractivity (Wildman–Crippen MR) is 82.5 cm³/mol. The number of aromatic nitrogens is 2. The van der Waals surface area contributed by atoms with Gasteiger partial charge in [-0.1, -0.05) is 30.7 Å². The lowest BCUT2D eigenvalue weighted by Crippen LogP contribution is -2.26. The van der Waals surface area contributed by atoms with E-state index in [1.165, 1.54) is 0 Å². The molecule has 2 aromatic rings. The molecule has 6 heteroatoms. The van der Waals surface area contributed by atoms with Crippen LogP contribution in [0.15, 0.2) is 28.9 Å². The van der Waals surface area contributed by atoms with Crippen LogP contribution in [0.2, 0.25) is 5.02 Å². The third-order valence-electron chi connectivity index (χ3n) is 3.11. The Balaban J connectivity index is 2.56. The lowest BCUT2D eigenvalue weighted by atomic mass is 10.0. The SMILES string of the molecule is CCNC(c1cccc(Cl)c1F)c1c(Br)cnn1CC. The summed E-state index contributed by atoms with van der Waals surface area (Å²) < 4.78 is 17.0. The van der Waals surface area contributed by atoms with Crippen molar-refractivity contribution in [2.45, 2.75) is 26.4 Å². The number of hydrogen-bond acceptors (Lipinski definition) is 2. The molecule has 0 radical (unpaired) electrons. The van der Waals surface area contributed by atoms with Gasteiger partial charge in [0.15, 0.2) is 0 Å². The second kappa shape index (κ2) is 6.70. The van der Waals surface area contributed by atoms with Crippen molar-refractivity contribution in [1.82, 2.24) is 15.1 Å². The first kappa shape index (κ1) is 15.5. The van der Waals surface area contributed by atoms with Gasteiger partial charge < -0.3 is 5.32 Å². The minimum atomic E-state index is -0.393. The number of rotatable bonds is 5. The first-order valence-corrected chi connectivity index (χ1v) is 7.65. The third kappa shape index (κ3) is 2.90. The fourth-order valence-corrected chi connectivity index (χ4v) is 2.92. The molecule has 1 aromatic carbocycles. The molecule has 0 aliphatic heterocycles. The molecular weight excluding hydrogens is 345 g/mol. The van der Waals surface area contributed by atoms with Crippen molar-refractivity contribution in [3.63, 3.8) is 0 Å². The van der Waals surface area contributed by atoms with Crippen LogP contribution in [0.3, 0.4) is 0 Å². The van der Waals surface area contributed by atoms with Crippen LogP contribution in [0, 0.1) is 5.82 Å². The second-order valence-corrected chi connectivity index (χ2v) is 5.59. The van der Waals surface area contributed by atoms with Crippen molar-refractivity contribution in [1.29, 1.82) is 0 Å². The maximum absolute atomic E-state index is 14.3. The average molecular weight is 361 g/mol. The van der Waals surface area contributed by atoms with Crippen LogP contribution in [0.4, 0.5) is 4.39 Å². The lowest BCUT2D eigenvalue weighted by Gasteiger charge is -2.21. The molecule has 0 bridgehead atoms. The highest BCUT2D eigenvalue weighted by molar-refractivity contribution is 9.10. The van der Waals surface area contributed by atoms with E-state index in [4.69, 9.17) is 11.6 Å². The molecule has 0 amide bonds. The Morgan fingerprint density at radius 2 is 2.20 bits per heavy atom. The molecule has 0 saturated heterocycles. The number of halogens is 3. The van der Waals surface area contributed by atoms with Gasteiger partial charge in [0.25, 0.3) is 0 Å². The Bertz CT molecular complexity index is 600. The van der Waals surface area contributed by atoms with E-state index in [1.807, 2.05) is 18.5 Å². The summed E-state index contributed by atoms with van der Waals surface area (Å²) in [4.78, 5) is 0. The van der Waals surface area contributed by atoms with Crippen LogP contribution in [-0.4, -0.2) is 16.3 Å². The Labute approximate surface area is 131 Å². The van der Waals surface area contributed by atoms with E-state index in [0.29, 0.717) is 18.7 Å². The monoisotopic (exact) mass is 359 g/mol. The average Bonchev–Trinajstić information content (AvgIpc) is 2.81. The Morgan fingerprint density at radius 1 is 1.45 bits per heavy atom. The van der Waals surface area contributed by atoms with Crippen molar-refractivity contribution < 1.29 is 4.39 Å². The summed E-state index contributed by atoms with van der Waals surface area (Å²) >= 11 is 9.39. The van der Waals surface area contributed by atoms with Crippen molar-refractivity contribution >= 4 is 27.5 Å². The number of aryl methyl sites for hydroxylation is 1. The molecular formula is C14H16BrClFN3. The van der Waals surface area contributed by atoms with Gasteiger partial charge in [-0.05, 0) is 35.5 Å². The molecule has 0 spiro atoms. The third-order valence-corrected chi connectivity index (χ3v) is 4.01. The molecule has 2 rings (SSSR count). The summed E-state index contributed by atoms with van der Waals surface area (Å²) in [5, 5.41) is 7.71. The lowest BCUT2D eigenvalue weighted by molar-refractivity contribution is 0.514. The Hall–Kier alpha value is -0.910. The minimum absolute atomic E-state index is 0.129. The van der Waals surface area contributed by atoms with Gasteiger partial charge in [0.2, 0.25) is 0 Å². The number of benzene rings is 1. The van der Waals surface area contributed by atoms with Crippen LogP contribution < -0.4 is 5.32 Å². The van der Waals surface area contributed by atoms with Crippen LogP contribution in [0.25, 0.3) is 0 Å². The molecule has 0 fully saturated rings. The normalized spacial score (nSPS) is 12.7. The highest BCUT2D eigenvalue weighted by Gasteiger charge is 2.24. The van der Waals surface area contributed by atoms with Gasteiger partial charge >= 0.3 is 0 Å². The van der Waals surface area contributed by atoms with Crippen molar-refractivity contribution in [2.75, 3.05) is 6.54 Å². The largest absolute Gasteiger partial charge is 0.305 e. The topological polar surface area (TPSA) is 29.9 Å². The minimum Gasteiger partial charge on any atom is -0.305 e. The van der Waals surface area contributed by atoms with E-state index >= 15 is 0 Å². The summed E-state index contributed by atoms with van der Waals surface area (Å²) in [6.45, 7) is 5.40. The highest BCUT2D eigenvalue weighted by atomic mass is 79.9. The molecule has 1 aromatic heterocycles. The Morgan fingerprint density at radius 3 is 2.85 bits per heavy atom. The molecule has 3 nitrogen and oxygen atoms in total. The number of nitrogens with one attached hydrogen (secondary N) is 1. The van der Waals surface area contributed by atoms with Crippen molar-refractivity contribution in [2.24, 2.45) is 0 Å². The van der Waals surface area contributed by atoms with Crippen LogP contribution >= 0.6 is 27.5 Å². The first-order valence-electron chi connectivity index (χ1n) is 6.48. The van der Waals surface area contributed by atoms with E-state index in [1.54, 1.807) is 24.4 Å². The van der Waals surface area contributed by atoms with E-state index < -0.39 is 5.82 Å². The predicted octanol–water partition coefficient (Wildman–Crippen LogP) is 4.16. The molecule has 1 N–H and O–H groups in total. The van der Waals surface area contributed by atoms with Gasteiger partial charge in [-0.15, -0.1) is 0 Å². The molecule has 0 aliphatic rings. The summed E-state index contributed by atoms with van der Waals surface area (Å²) in [6.07, 6.45) is 1.73. The molecule has 1 heterocycles. The maximum atomic E-state index is 14.3. The molecule has 108 valence electrons. The molecule has 1 unspecified atom stereocenters. The number of nitrogens with zero attached hydrogens (tertiary/aromatic N) is 2. The van der Waals surface area contributed by atoms with Crippen LogP contribution in [0.5, 0.6) is 0 Å². The van der Waals surface area contributed by atoms with Gasteiger partial charge in [0.1, 0.15) is 5.82 Å². The summed E-state index contributed by atoms with van der Waals surface area (Å²) in [6, 6.07) is 4.75. The van der Waals surface area contributed by atoms with Crippen LogP contribution in [0.1, 0.15) is 31.1 Å². The summed E-state index contributed by atoms with van der Waals surface area (Å²) in [7, 11) is 0. The van der Waals surface area contributed by atoms with Gasteiger partial charge in [0, 0.05) is 12.1 Å². The van der Waals surface area contributed by atoms with E-state index in [9.17, 15) is 4.39 Å². The zero-order valence-corrected chi connectivity index (χ0v) is 13.7. The molecule has 0 aliphatic carbocycles. The Kier molecular flexibility index (Phi) is 5.18. The summed E-state index contributed by atoms with van der Waals surface area (Å²) in [5.41, 5.74) is 1.42. The van der Waals surface area contributed by atoms with Gasteiger partial charge in [-0.2, -0.15) is 5.10 Å². The van der Waals surface area contributed by atoms with Gasteiger partial charge in [0.05, 0.1) is 27.4 Å². The zero-order chi connectivity index (χ0) is 14.7. The standard InChI is InChI=1S/C14H16BrClFN3/c1-3-18-13(9-6-5-7-11(16)12(9)17)14-10(15)8-19-20(14)4-2/h5-8,13,18H,3-4H2,1-2H3. The molecule has 20 heavy (non-hydrogen) atoms. The molecule has 0 saturated carbocycles. The quantitative estimate of drug-likeness (QED) is 0.868. The fraction of sp³-hybridized carbons (Fsp3) is 0.357. The zero-order valence-electron chi connectivity index (χ0n) is 11.3. The van der Waals surface area contributed by atoms with Crippen molar-refractivity contribution in [3.05, 3.63) is 51.0 Å². The smallest absolute Gasteiger partial charge is 0.146 e. The maximum Gasteiger partial charge on any atom is 0.146 e. The fourth-order valence-electron chi connectivity index (χ4n) is 2.21. The van der Waals surface area contributed by atoms with Crippen molar-refractivity contribution in [3.8, 4) is 0 Å². The summed E-state index contributed by atoms with van der Waals surface area (Å²) in [5.74, 6) is -0.393. The van der Waals surface area contributed by atoms with E-state index in [2.05, 4.69) is 26.3 Å².